The van der Waals surface area contributed by atoms with E-state index >= 15 is 0 Å². The minimum atomic E-state index is 0. The summed E-state index contributed by atoms with van der Waals surface area (Å²) < 4.78 is 30.0. The topological polar surface area (TPSA) is 134 Å². The van der Waals surface area contributed by atoms with Gasteiger partial charge in [-0.2, -0.15) is 0 Å². The second-order valence-corrected chi connectivity index (χ2v) is 11.8. The van der Waals surface area contributed by atoms with Crippen LogP contribution in [0, 0.1) is 41.5 Å². The number of fused-ring (bicyclic) bond motifs is 8. The molecule has 2 aliphatic rings. The summed E-state index contributed by atoms with van der Waals surface area (Å²) in [5.74, 6) is 0. The molecule has 7 aromatic rings. The summed E-state index contributed by atoms with van der Waals surface area (Å²) in [5.41, 5.74) is 15.0. The fraction of sp³-hybridized carbons (Fsp3) is 0. The standard InChI is InChI=1S/C44H28N4.4CO.2CH3.Co.Cr/c1-5-13-29(14-6-1)41-33-21-23-35(45-33)42(30-15-7-2-8-16-30)37-25-27-39(47-37)44(32-19-11-4-12-20-32)40-28-26-38(48-40)43(31-17-9-3-10-18-31)36-24-22-34(41)46-36;4*1-2;;;;/h1-28H;;;;;2*1H3;;/q-2;;;;;2*-1;;+5. The van der Waals surface area contributed by atoms with E-state index in [9.17, 15) is 0 Å². The van der Waals surface area contributed by atoms with Gasteiger partial charge in [0.25, 0.3) is 0 Å². The zero-order chi connectivity index (χ0) is 39.9. The average molecular weight is 866 g/mol. The van der Waals surface area contributed by atoms with Crippen molar-refractivity contribution in [2.75, 3.05) is 0 Å². The molecule has 0 fully saturated rings. The molecule has 5 heterocycles. The first kappa shape index (κ1) is 51.5. The predicted molar refractivity (Wildman–Crippen MR) is 227 cm³/mol. The van der Waals surface area contributed by atoms with E-state index in [2.05, 4.69) is 172 Å². The van der Waals surface area contributed by atoms with Crippen molar-refractivity contribution in [2.24, 2.45) is 0 Å². The quantitative estimate of drug-likeness (QED) is 0.129. The second kappa shape index (κ2) is 25.8. The zero-order valence-corrected chi connectivity index (χ0v) is 34.6. The maximum absolute atomic E-state index is 7.50. The molecule has 292 valence electrons. The van der Waals surface area contributed by atoms with Crippen molar-refractivity contribution in [1.29, 1.82) is 0 Å². The van der Waals surface area contributed by atoms with Gasteiger partial charge in [0.1, 0.15) is 0 Å². The van der Waals surface area contributed by atoms with Crippen LogP contribution in [0.15, 0.2) is 146 Å². The van der Waals surface area contributed by atoms with Gasteiger partial charge in [-0.3, -0.25) is 0 Å². The van der Waals surface area contributed by atoms with Gasteiger partial charge in [0.2, 0.25) is 0 Å². The van der Waals surface area contributed by atoms with Gasteiger partial charge in [0.05, 0.1) is 22.8 Å². The van der Waals surface area contributed by atoms with Crippen LogP contribution in [0.2, 0.25) is 0 Å². The Morgan fingerprint density at radius 1 is 0.317 bits per heavy atom. The summed E-state index contributed by atoms with van der Waals surface area (Å²) in [6.45, 7) is 18.0. The normalized spacial score (nSPS) is 9.73. The summed E-state index contributed by atoms with van der Waals surface area (Å²) in [4.78, 5) is 21.2. The second-order valence-electron chi connectivity index (χ2n) is 11.8. The Hall–Kier alpha value is -6.52. The molecule has 0 atom stereocenters. The number of nitrogens with zero attached hydrogens (tertiary/aromatic N) is 4. The van der Waals surface area contributed by atoms with Crippen LogP contribution in [0.5, 0.6) is 0 Å². The van der Waals surface area contributed by atoms with E-state index in [0.717, 1.165) is 89.4 Å². The van der Waals surface area contributed by atoms with Gasteiger partial charge in [0, 0.05) is 16.8 Å². The molecule has 0 saturated heterocycles. The molecule has 0 amide bonds. The number of benzene rings is 4. The number of aromatic nitrogens is 4. The third-order valence-electron chi connectivity index (χ3n) is 8.86. The van der Waals surface area contributed by atoms with Crippen molar-refractivity contribution >= 4 is 46.4 Å². The largest absolute Gasteiger partial charge is 5.00 e. The monoisotopic (exact) mass is 865 g/mol. The van der Waals surface area contributed by atoms with E-state index in [1.165, 1.54) is 0 Å². The fourth-order valence-electron chi connectivity index (χ4n) is 6.69. The first-order chi connectivity index (χ1) is 27.8. The van der Waals surface area contributed by atoms with Gasteiger partial charge >= 0.3 is 62.6 Å². The Labute approximate surface area is 371 Å². The third kappa shape index (κ3) is 10.9. The van der Waals surface area contributed by atoms with Crippen molar-refractivity contribution in [3.63, 3.8) is 0 Å². The van der Waals surface area contributed by atoms with Crippen LogP contribution in [-0.2, 0) is 52.7 Å². The molecular formula is C50H34CoCrN4O4+. The summed E-state index contributed by atoms with van der Waals surface area (Å²) >= 11 is 0. The van der Waals surface area contributed by atoms with Crippen LogP contribution in [0.25, 0.3) is 90.9 Å². The summed E-state index contributed by atoms with van der Waals surface area (Å²) in [6, 6.07) is 50.0. The molecule has 0 saturated carbocycles. The van der Waals surface area contributed by atoms with Crippen molar-refractivity contribution < 1.29 is 52.7 Å². The molecule has 0 spiro atoms. The SMILES string of the molecule is C1=Cc2nc1c(-c1ccccc1)c1ccc([n-]1)c(-c1ccccc1)c1nc(c(-c3ccccc3)c3ccc([n-]3)c2-c2ccccc2)C=C1.[C-]#[O+].[C-]#[O+].[C-]#[O+].[C-]#[O+].[CH3-].[CH3-].[Co].[Cr+5]. The number of rotatable bonds is 4. The van der Waals surface area contributed by atoms with Crippen molar-refractivity contribution in [1.82, 2.24) is 19.9 Å². The van der Waals surface area contributed by atoms with Gasteiger partial charge in [-0.15, -0.1) is 22.1 Å². The Balaban J connectivity index is 0.00000142. The summed E-state index contributed by atoms with van der Waals surface area (Å²) in [5, 5.41) is 0. The molecule has 60 heavy (non-hydrogen) atoms. The van der Waals surface area contributed by atoms with E-state index in [4.69, 9.17) is 38.5 Å². The molecule has 9 rings (SSSR count). The van der Waals surface area contributed by atoms with Crippen molar-refractivity contribution in [3.05, 3.63) is 210 Å². The Morgan fingerprint density at radius 3 is 0.683 bits per heavy atom. The van der Waals surface area contributed by atoms with E-state index < -0.39 is 0 Å². The van der Waals surface area contributed by atoms with Gasteiger partial charge in [-0.25, -0.2) is 9.97 Å². The van der Waals surface area contributed by atoms with E-state index in [1.54, 1.807) is 0 Å². The molecule has 4 aromatic carbocycles. The molecule has 0 aliphatic carbocycles. The smallest absolute Gasteiger partial charge is 0.358 e. The molecule has 0 unspecified atom stereocenters. The molecule has 2 radical (unpaired) electrons. The third-order valence-corrected chi connectivity index (χ3v) is 8.86. The summed E-state index contributed by atoms with van der Waals surface area (Å²) in [7, 11) is 0. The molecule has 3 aromatic heterocycles. The first-order valence-electron chi connectivity index (χ1n) is 16.9. The summed E-state index contributed by atoms with van der Waals surface area (Å²) in [6.07, 6.45) is 8.41. The van der Waals surface area contributed by atoms with Crippen LogP contribution in [0.1, 0.15) is 22.8 Å². The molecule has 10 heteroatoms. The molecule has 2 aliphatic heterocycles. The molecule has 0 N–H and O–H groups in total. The number of hydrogen-bond acceptors (Lipinski definition) is 2. The Kier molecular flexibility index (Phi) is 22.1. The van der Waals surface area contributed by atoms with E-state index in [-0.39, 0.29) is 49.0 Å². The molecule has 8 bridgehead atoms. The maximum Gasteiger partial charge on any atom is 5.00 e. The van der Waals surface area contributed by atoms with E-state index in [0.29, 0.717) is 0 Å². The van der Waals surface area contributed by atoms with Crippen molar-refractivity contribution in [3.8, 4) is 44.5 Å². The minimum absolute atomic E-state index is 0. The van der Waals surface area contributed by atoms with Crippen LogP contribution in [0.4, 0.5) is 0 Å². The zero-order valence-electron chi connectivity index (χ0n) is 32.3. The van der Waals surface area contributed by atoms with Gasteiger partial charge in [-0.05, 0) is 68.8 Å². The van der Waals surface area contributed by atoms with Gasteiger partial charge < -0.3 is 24.8 Å². The predicted octanol–water partition coefficient (Wildman–Crippen LogP) is 11.3. The van der Waals surface area contributed by atoms with Gasteiger partial charge in [-0.1, -0.05) is 146 Å². The van der Waals surface area contributed by atoms with Crippen LogP contribution in [0.3, 0.4) is 0 Å². The number of hydrogen-bond donors (Lipinski definition) is 0. The minimum Gasteiger partial charge on any atom is -0.358 e. The van der Waals surface area contributed by atoms with Crippen LogP contribution in [-0.4, -0.2) is 9.97 Å². The fourth-order valence-corrected chi connectivity index (χ4v) is 6.69. The Bertz CT molecular complexity index is 2380. The maximum atomic E-state index is 7.50. The first-order valence-corrected chi connectivity index (χ1v) is 16.9. The molecule has 8 nitrogen and oxygen atoms in total. The van der Waals surface area contributed by atoms with Crippen LogP contribution >= 0.6 is 0 Å². The molecular weight excluding hydrogens is 832 g/mol. The van der Waals surface area contributed by atoms with E-state index in [1.807, 2.05) is 24.3 Å². The van der Waals surface area contributed by atoms with Crippen molar-refractivity contribution in [2.45, 2.75) is 0 Å². The van der Waals surface area contributed by atoms with Crippen LogP contribution < -0.4 is 9.97 Å². The van der Waals surface area contributed by atoms with Gasteiger partial charge in [0.15, 0.2) is 0 Å². The average Bonchev–Trinajstić information content (AvgIpc) is 4.14. The Morgan fingerprint density at radius 2 is 0.500 bits per heavy atom.